The van der Waals surface area contributed by atoms with Gasteiger partial charge in [0.2, 0.25) is 0 Å². The molecule has 7 aliphatic rings. The van der Waals surface area contributed by atoms with Crippen LogP contribution in [0.5, 0.6) is 0 Å². The van der Waals surface area contributed by atoms with Crippen LogP contribution >= 0.6 is 0 Å². The third kappa shape index (κ3) is 11.4. The summed E-state index contributed by atoms with van der Waals surface area (Å²) in [5, 5.41) is 160. The molecule has 23 atom stereocenters. The zero-order valence-corrected chi connectivity index (χ0v) is 36.1. The summed E-state index contributed by atoms with van der Waals surface area (Å²) < 4.78 is 46.6. The minimum Gasteiger partial charge on any atom is -0.453 e. The van der Waals surface area contributed by atoms with Gasteiger partial charge in [0.05, 0.1) is 56.3 Å². The van der Waals surface area contributed by atoms with E-state index in [0.29, 0.717) is 25.7 Å². The number of esters is 1. The van der Waals surface area contributed by atoms with E-state index in [-0.39, 0.29) is 38.0 Å². The van der Waals surface area contributed by atoms with Gasteiger partial charge in [-0.1, -0.05) is 6.08 Å². The Morgan fingerprint density at radius 1 is 0.530 bits per heavy atom. The van der Waals surface area contributed by atoms with Crippen LogP contribution < -0.4 is 0 Å². The van der Waals surface area contributed by atoms with Gasteiger partial charge < -0.3 is 114 Å². The van der Waals surface area contributed by atoms with E-state index in [9.17, 15) is 81.4 Å². The van der Waals surface area contributed by atoms with Crippen LogP contribution in [0, 0.1) is 17.8 Å². The number of allylic oxidation sites excluding steroid dienone is 1. The summed E-state index contributed by atoms with van der Waals surface area (Å²) in [6.45, 7) is -2.43. The number of hydrogen-bond acceptors (Lipinski definition) is 23. The Kier molecular flexibility index (Phi) is 17.9. The molecule has 8 unspecified atom stereocenters. The minimum atomic E-state index is -1.99. The maximum absolute atomic E-state index is 13.0. The predicted octanol–water partition coefficient (Wildman–Crippen LogP) is -7.23. The Balaban J connectivity index is 1.14. The number of aliphatic hydroxyl groups excluding tert-OH is 15. The van der Waals surface area contributed by atoms with Crippen molar-refractivity contribution in [2.24, 2.45) is 17.8 Å². The Morgan fingerprint density at radius 3 is 1.71 bits per heavy atom. The average Bonchev–Trinajstić information content (AvgIpc) is 3.29. The van der Waals surface area contributed by atoms with Gasteiger partial charge in [0.25, 0.3) is 0 Å². The molecule has 3 saturated carbocycles. The summed E-state index contributed by atoms with van der Waals surface area (Å²) in [6.07, 6.45) is -30.5. The summed E-state index contributed by atoms with van der Waals surface area (Å²) in [6, 6.07) is 0. The summed E-state index contributed by atoms with van der Waals surface area (Å²) >= 11 is 0. The molecule has 4 heterocycles. The van der Waals surface area contributed by atoms with Crippen molar-refractivity contribution in [2.45, 2.75) is 205 Å². The average molecular weight is 958 g/mol. The standard InChI is InChI=1S/C42H68O24/c43-12-25-30(52)33(55)35(57)40(62-25)60-23-10-18(47)9-22-19(23)11-24(37(59-22)16-7-20(48)29(51)21(49)8-16)61-42-39(34(56)31(53)26(13-44)64-42)66-41-36(58)38(32(54)27(14-45)63-41)65-28(50)6-3-15-1-4-17(46)5-2-15/h3,6,15-27,29-49,51-58H,1-2,4-5,7-14H2/p+1/t15?,16?,17?,18?,19?,20?,21?,22?,23?,24?,25-,26-,27-,29?,30-,31-,32-,33-,34+,35-,36-,37?,38+,39-,40-,41+,42-/m0/s1. The summed E-state index contributed by atoms with van der Waals surface area (Å²) in [4.78, 5) is 13.0. The first-order valence-electron chi connectivity index (χ1n) is 22.9. The van der Waals surface area contributed by atoms with Crippen LogP contribution in [0.15, 0.2) is 12.2 Å². The molecule has 0 bridgehead atoms. The highest BCUT2D eigenvalue weighted by Crippen LogP contribution is 2.44. The number of hydrogen-bond donors (Lipinski definition) is 15. The van der Waals surface area contributed by atoms with Crippen LogP contribution in [0.25, 0.3) is 0 Å². The van der Waals surface area contributed by atoms with Crippen LogP contribution in [0.1, 0.15) is 57.8 Å². The third-order valence-corrected chi connectivity index (χ3v) is 14.5. The van der Waals surface area contributed by atoms with Gasteiger partial charge in [0.1, 0.15) is 79.4 Å². The molecule has 7 fully saturated rings. The second kappa shape index (κ2) is 22.6. The lowest BCUT2D eigenvalue weighted by atomic mass is 9.72. The highest BCUT2D eigenvalue weighted by atomic mass is 16.8. The zero-order chi connectivity index (χ0) is 47.7. The lowest BCUT2D eigenvalue weighted by Gasteiger charge is -2.51. The van der Waals surface area contributed by atoms with Gasteiger partial charge in [0.15, 0.2) is 37.2 Å². The van der Waals surface area contributed by atoms with E-state index in [1.54, 1.807) is 6.08 Å². The van der Waals surface area contributed by atoms with Crippen LogP contribution in [0.4, 0.5) is 0 Å². The Morgan fingerprint density at radius 2 is 1.09 bits per heavy atom. The van der Waals surface area contributed by atoms with Gasteiger partial charge in [-0.2, -0.15) is 0 Å². The van der Waals surface area contributed by atoms with Crippen molar-refractivity contribution in [1.29, 1.82) is 0 Å². The smallest absolute Gasteiger partial charge is 0.330 e. The predicted molar refractivity (Wildman–Crippen MR) is 215 cm³/mol. The highest BCUT2D eigenvalue weighted by molar-refractivity contribution is 5.82. The second-order valence-corrected chi connectivity index (χ2v) is 19.0. The van der Waals surface area contributed by atoms with Gasteiger partial charge in [-0.3, -0.25) is 0 Å². The van der Waals surface area contributed by atoms with Crippen LogP contribution in [0.2, 0.25) is 0 Å². The van der Waals surface area contributed by atoms with Gasteiger partial charge in [-0.15, -0.1) is 0 Å². The summed E-state index contributed by atoms with van der Waals surface area (Å²) in [7, 11) is 0. The lowest BCUT2D eigenvalue weighted by Crippen LogP contribution is -2.66. The van der Waals surface area contributed by atoms with E-state index >= 15 is 0 Å². The molecule has 7 rings (SSSR count). The van der Waals surface area contributed by atoms with E-state index in [1.807, 2.05) is 0 Å². The van der Waals surface area contributed by atoms with Crippen LogP contribution in [-0.4, -0.2) is 254 Å². The number of ether oxygens (including phenoxy) is 8. The molecular formula is C42H69O24+. The molecule has 0 aromatic rings. The Bertz CT molecular complexity index is 1560. The van der Waals surface area contributed by atoms with E-state index in [4.69, 9.17) is 37.9 Å². The quantitative estimate of drug-likeness (QED) is 0.0463. The molecule has 24 heteroatoms. The molecule has 0 amide bonds. The van der Waals surface area contributed by atoms with Gasteiger partial charge in [-0.25, -0.2) is 4.79 Å². The molecule has 3 aliphatic carbocycles. The van der Waals surface area contributed by atoms with E-state index < -0.39 is 185 Å². The highest BCUT2D eigenvalue weighted by Gasteiger charge is 2.58. The Labute approximate surface area is 379 Å². The molecule has 66 heavy (non-hydrogen) atoms. The third-order valence-electron chi connectivity index (χ3n) is 14.5. The maximum atomic E-state index is 13.0. The summed E-state index contributed by atoms with van der Waals surface area (Å²) in [5.41, 5.74) is 0. The molecule has 380 valence electrons. The van der Waals surface area contributed by atoms with Crippen molar-refractivity contribution in [3.05, 3.63) is 12.2 Å². The number of carbonyl (C=O) groups is 1. The van der Waals surface area contributed by atoms with Crippen molar-refractivity contribution in [3.63, 3.8) is 0 Å². The molecule has 4 saturated heterocycles. The molecule has 0 spiro atoms. The van der Waals surface area contributed by atoms with Crippen LogP contribution in [0.3, 0.4) is 0 Å². The lowest BCUT2D eigenvalue weighted by molar-refractivity contribution is -0.390. The molecule has 0 aromatic heterocycles. The molecule has 0 radical (unpaired) electrons. The van der Waals surface area contributed by atoms with E-state index in [2.05, 4.69) is 0 Å². The van der Waals surface area contributed by atoms with Crippen molar-refractivity contribution < 1.29 is 119 Å². The molecular weight excluding hydrogens is 888 g/mol. The maximum Gasteiger partial charge on any atom is 0.330 e. The number of fused-ring (bicyclic) bond motifs is 1. The van der Waals surface area contributed by atoms with Crippen molar-refractivity contribution >= 4 is 5.97 Å². The normalized spacial score (nSPS) is 51.6. The van der Waals surface area contributed by atoms with Crippen molar-refractivity contribution in [1.82, 2.24) is 0 Å². The van der Waals surface area contributed by atoms with E-state index in [0.717, 1.165) is 6.08 Å². The molecule has 24 nitrogen and oxygen atoms in total. The minimum absolute atomic E-state index is 0.0256. The fourth-order valence-electron chi connectivity index (χ4n) is 10.7. The number of rotatable bonds is 13. The van der Waals surface area contributed by atoms with Gasteiger partial charge in [-0.05, 0) is 50.9 Å². The van der Waals surface area contributed by atoms with E-state index in [1.165, 1.54) is 0 Å². The second-order valence-electron chi connectivity index (χ2n) is 19.0. The first-order chi connectivity index (χ1) is 31.4. The van der Waals surface area contributed by atoms with Crippen LogP contribution in [-0.2, 0) is 38.0 Å². The van der Waals surface area contributed by atoms with Gasteiger partial charge in [0, 0.05) is 24.8 Å². The van der Waals surface area contributed by atoms with Gasteiger partial charge >= 0.3 is 5.97 Å². The Hall–Kier alpha value is -1.67. The first-order valence-corrected chi connectivity index (χ1v) is 22.9. The first kappa shape index (κ1) is 52.2. The molecule has 0 aromatic carbocycles. The topological polar surface area (TPSA) is 398 Å². The SMILES string of the molecule is O=C(C=CC1CCC(O)CC1)O[C@H]1[C@H](O)[C@@H](O[C@@H]2[C@@H](OC3CC4C(O[C@H]5O[C@@H](CO)[C@H](O)[C@H](O)[C@@H]5O)CC(O)CC4[OH+]C3C3CC(O)C(O)C(O)C3)O[C@@H](CO)[C@H](O)[C@H]2O)O[C@@H](CO)[C@@H]1O. The summed E-state index contributed by atoms with van der Waals surface area (Å²) in [5.74, 6) is -2.35. The monoisotopic (exact) mass is 957 g/mol. The molecule has 16 N–H and O–H groups in total. The van der Waals surface area contributed by atoms with Crippen molar-refractivity contribution in [2.75, 3.05) is 19.8 Å². The number of carbonyl (C=O) groups excluding carboxylic acids is 1. The largest absolute Gasteiger partial charge is 0.453 e. The number of aliphatic hydroxyl groups is 17. The fourth-order valence-corrected chi connectivity index (χ4v) is 10.7. The fraction of sp³-hybridized carbons (Fsp3) is 0.929. The van der Waals surface area contributed by atoms with Crippen molar-refractivity contribution in [3.8, 4) is 0 Å². The molecule has 4 aliphatic heterocycles. The zero-order valence-electron chi connectivity index (χ0n) is 36.1.